The first-order valence-corrected chi connectivity index (χ1v) is 6.89. The largest absolute Gasteiger partial charge is 0.207 e. The molecule has 102 valence electrons. The van der Waals surface area contributed by atoms with Crippen LogP contribution in [-0.2, 0) is 0 Å². The minimum absolute atomic E-state index is 0.286. The van der Waals surface area contributed by atoms with Crippen LogP contribution in [0.5, 0.6) is 0 Å². The van der Waals surface area contributed by atoms with Crippen molar-refractivity contribution in [3.05, 3.63) is 67.6 Å². The molecule has 0 nitrogen and oxygen atoms in total. The standard InChI is InChI=1S/C7H5BrClF.C7H6ClF/c1-4-2-5(8)7(10)3-6(4)9;1-5-2-3-6(9)4-7(5)8/h2-3H,1H3;2-4H,1H3. The van der Waals surface area contributed by atoms with E-state index < -0.39 is 0 Å². The zero-order chi connectivity index (χ0) is 14.6. The van der Waals surface area contributed by atoms with Crippen LogP contribution in [-0.4, -0.2) is 0 Å². The highest BCUT2D eigenvalue weighted by Gasteiger charge is 2.01. The van der Waals surface area contributed by atoms with Crippen LogP contribution in [0.3, 0.4) is 0 Å². The molecule has 0 saturated heterocycles. The topological polar surface area (TPSA) is 0 Å². The van der Waals surface area contributed by atoms with Gasteiger partial charge in [-0.3, -0.25) is 0 Å². The lowest BCUT2D eigenvalue weighted by Gasteiger charge is -1.98. The molecule has 0 spiro atoms. The highest BCUT2D eigenvalue weighted by atomic mass is 79.9. The van der Waals surface area contributed by atoms with Crippen molar-refractivity contribution in [2.75, 3.05) is 0 Å². The zero-order valence-corrected chi connectivity index (χ0v) is 13.4. The molecule has 0 aliphatic heterocycles. The summed E-state index contributed by atoms with van der Waals surface area (Å²) in [6.45, 7) is 3.66. The predicted molar refractivity (Wildman–Crippen MR) is 80.0 cm³/mol. The quantitative estimate of drug-likeness (QED) is 0.476. The molecule has 2 aromatic carbocycles. The Labute approximate surface area is 129 Å². The fraction of sp³-hybridized carbons (Fsp3) is 0.143. The number of halogens is 5. The van der Waals surface area contributed by atoms with Crippen molar-refractivity contribution in [1.82, 2.24) is 0 Å². The lowest BCUT2D eigenvalue weighted by atomic mass is 10.2. The van der Waals surface area contributed by atoms with Crippen LogP contribution in [0.15, 0.2) is 34.8 Å². The van der Waals surface area contributed by atoms with Gasteiger partial charge in [0.2, 0.25) is 0 Å². The van der Waals surface area contributed by atoms with Gasteiger partial charge in [0.25, 0.3) is 0 Å². The molecule has 0 atom stereocenters. The van der Waals surface area contributed by atoms with E-state index in [1.807, 2.05) is 13.8 Å². The molecule has 0 bridgehead atoms. The SMILES string of the molecule is Cc1cc(Br)c(F)cc1Cl.Cc1ccc(F)cc1Cl. The third-order valence-corrected chi connectivity index (χ3v) is 3.76. The second-order valence-corrected chi connectivity index (χ2v) is 5.58. The van der Waals surface area contributed by atoms with E-state index in [0.717, 1.165) is 11.1 Å². The van der Waals surface area contributed by atoms with E-state index in [9.17, 15) is 8.78 Å². The summed E-state index contributed by atoms with van der Waals surface area (Å²) >= 11 is 14.2. The Morgan fingerprint density at radius 2 is 1.47 bits per heavy atom. The molecule has 0 radical (unpaired) electrons. The molecule has 0 N–H and O–H groups in total. The Bertz CT molecular complexity index is 536. The molecular formula is C14H11BrCl2F2. The minimum atomic E-state index is -0.324. The van der Waals surface area contributed by atoms with E-state index in [-0.39, 0.29) is 11.6 Å². The van der Waals surface area contributed by atoms with E-state index in [4.69, 9.17) is 23.2 Å². The Balaban J connectivity index is 0.000000191. The smallest absolute Gasteiger partial charge is 0.138 e. The molecule has 0 unspecified atom stereocenters. The molecule has 0 aromatic heterocycles. The maximum absolute atomic E-state index is 12.6. The Hall–Kier alpha value is -0.640. The van der Waals surface area contributed by atoms with Crippen molar-refractivity contribution in [3.8, 4) is 0 Å². The molecule has 0 saturated carbocycles. The van der Waals surface area contributed by atoms with Crippen molar-refractivity contribution < 1.29 is 8.78 Å². The summed E-state index contributed by atoms with van der Waals surface area (Å²) in [6, 6.07) is 7.29. The minimum Gasteiger partial charge on any atom is -0.207 e. The first-order valence-electron chi connectivity index (χ1n) is 5.34. The number of hydrogen-bond acceptors (Lipinski definition) is 0. The number of rotatable bonds is 0. The summed E-state index contributed by atoms with van der Waals surface area (Å²) in [5.74, 6) is -0.610. The molecule has 5 heteroatoms. The Kier molecular flexibility index (Phi) is 6.24. The molecule has 0 heterocycles. The van der Waals surface area contributed by atoms with E-state index in [2.05, 4.69) is 15.9 Å². The highest BCUT2D eigenvalue weighted by molar-refractivity contribution is 9.10. The summed E-state index contributed by atoms with van der Waals surface area (Å²) < 4.78 is 25.3. The normalized spacial score (nSPS) is 9.84. The van der Waals surface area contributed by atoms with E-state index in [1.54, 1.807) is 12.1 Å². The van der Waals surface area contributed by atoms with Crippen molar-refractivity contribution in [2.45, 2.75) is 13.8 Å². The second kappa shape index (κ2) is 7.22. The van der Waals surface area contributed by atoms with Crippen LogP contribution < -0.4 is 0 Å². The molecule has 0 aliphatic rings. The van der Waals surface area contributed by atoms with E-state index in [0.29, 0.717) is 14.5 Å². The molecule has 0 fully saturated rings. The monoisotopic (exact) mass is 366 g/mol. The second-order valence-electron chi connectivity index (χ2n) is 3.91. The molecular weight excluding hydrogens is 357 g/mol. The summed E-state index contributed by atoms with van der Waals surface area (Å²) in [7, 11) is 0. The third-order valence-electron chi connectivity index (χ3n) is 2.34. The van der Waals surface area contributed by atoms with Crippen LogP contribution in [0.25, 0.3) is 0 Å². The first-order chi connectivity index (χ1) is 8.81. The summed E-state index contributed by atoms with van der Waals surface area (Å²) in [4.78, 5) is 0. The lowest BCUT2D eigenvalue weighted by Crippen LogP contribution is -1.80. The summed E-state index contributed by atoms with van der Waals surface area (Å²) in [6.07, 6.45) is 0. The van der Waals surface area contributed by atoms with Crippen LogP contribution in [0.1, 0.15) is 11.1 Å². The molecule has 0 aliphatic carbocycles. The number of aryl methyl sites for hydroxylation is 2. The van der Waals surface area contributed by atoms with Gasteiger partial charge in [-0.15, -0.1) is 0 Å². The van der Waals surface area contributed by atoms with Crippen LogP contribution in [0.4, 0.5) is 8.78 Å². The van der Waals surface area contributed by atoms with Gasteiger partial charge in [-0.25, -0.2) is 8.78 Å². The summed E-state index contributed by atoms with van der Waals surface area (Å²) in [5.41, 5.74) is 1.77. The van der Waals surface area contributed by atoms with Gasteiger partial charge in [0, 0.05) is 10.0 Å². The number of benzene rings is 2. The van der Waals surface area contributed by atoms with Gasteiger partial charge in [0.05, 0.1) is 4.47 Å². The molecule has 0 amide bonds. The van der Waals surface area contributed by atoms with Crippen molar-refractivity contribution >= 4 is 39.1 Å². The highest BCUT2D eigenvalue weighted by Crippen LogP contribution is 2.23. The van der Waals surface area contributed by atoms with E-state index >= 15 is 0 Å². The van der Waals surface area contributed by atoms with Crippen LogP contribution in [0, 0.1) is 25.5 Å². The first kappa shape index (κ1) is 16.4. The maximum atomic E-state index is 12.6. The molecule has 2 rings (SSSR count). The fourth-order valence-electron chi connectivity index (χ4n) is 1.19. The lowest BCUT2D eigenvalue weighted by molar-refractivity contribution is 0.620. The maximum Gasteiger partial charge on any atom is 0.138 e. The third kappa shape index (κ3) is 5.09. The van der Waals surface area contributed by atoms with Crippen LogP contribution >= 0.6 is 39.1 Å². The van der Waals surface area contributed by atoms with Crippen molar-refractivity contribution in [2.24, 2.45) is 0 Å². The van der Waals surface area contributed by atoms with Gasteiger partial charge >= 0.3 is 0 Å². The van der Waals surface area contributed by atoms with Gasteiger partial charge in [-0.1, -0.05) is 29.3 Å². The summed E-state index contributed by atoms with van der Waals surface area (Å²) in [5, 5.41) is 0.940. The van der Waals surface area contributed by atoms with E-state index in [1.165, 1.54) is 18.2 Å². The van der Waals surface area contributed by atoms with Gasteiger partial charge in [0.1, 0.15) is 11.6 Å². The van der Waals surface area contributed by atoms with Gasteiger partial charge in [-0.2, -0.15) is 0 Å². The Morgan fingerprint density at radius 1 is 0.895 bits per heavy atom. The van der Waals surface area contributed by atoms with Gasteiger partial charge in [-0.05, 0) is 65.2 Å². The fourth-order valence-corrected chi connectivity index (χ4v) is 1.96. The zero-order valence-electron chi connectivity index (χ0n) is 10.3. The van der Waals surface area contributed by atoms with Crippen molar-refractivity contribution in [3.63, 3.8) is 0 Å². The predicted octanol–water partition coefficient (Wildman–Crippen LogP) is 6.34. The molecule has 2 aromatic rings. The Morgan fingerprint density at radius 3 is 1.95 bits per heavy atom. The average Bonchev–Trinajstić information content (AvgIpc) is 2.33. The average molecular weight is 368 g/mol. The van der Waals surface area contributed by atoms with Gasteiger partial charge < -0.3 is 0 Å². The molecule has 19 heavy (non-hydrogen) atoms. The number of hydrogen-bond donors (Lipinski definition) is 0. The van der Waals surface area contributed by atoms with Gasteiger partial charge in [0.15, 0.2) is 0 Å². The van der Waals surface area contributed by atoms with Crippen LogP contribution in [0.2, 0.25) is 10.0 Å². The van der Waals surface area contributed by atoms with Crippen molar-refractivity contribution in [1.29, 1.82) is 0 Å².